The number of aromatic hydroxyl groups is 1. The lowest BCUT2D eigenvalue weighted by Gasteiger charge is -2.10. The van der Waals surface area contributed by atoms with E-state index >= 15 is 0 Å². The monoisotopic (exact) mass is 267 g/mol. The van der Waals surface area contributed by atoms with Crippen LogP contribution in [-0.2, 0) is 0 Å². The van der Waals surface area contributed by atoms with E-state index in [2.05, 4.69) is 5.32 Å². The summed E-state index contributed by atoms with van der Waals surface area (Å²) in [5, 5.41) is 21.5. The van der Waals surface area contributed by atoms with E-state index in [-0.39, 0.29) is 17.0 Å². The number of phenolic OH excluding ortho intramolecular Hbond substituents is 1. The van der Waals surface area contributed by atoms with E-state index < -0.39 is 5.91 Å². The lowest BCUT2D eigenvalue weighted by Crippen LogP contribution is -2.13. The van der Waals surface area contributed by atoms with Gasteiger partial charge < -0.3 is 16.2 Å². The molecule has 0 heterocycles. The van der Waals surface area contributed by atoms with Gasteiger partial charge in [0, 0.05) is 0 Å². The van der Waals surface area contributed by atoms with Gasteiger partial charge in [-0.15, -0.1) is 0 Å². The van der Waals surface area contributed by atoms with Crippen LogP contribution in [0.1, 0.15) is 21.5 Å². The number of hydrogen-bond donors (Lipinski definition) is 3. The van der Waals surface area contributed by atoms with Gasteiger partial charge in [-0.1, -0.05) is 18.2 Å². The van der Waals surface area contributed by atoms with Crippen LogP contribution in [0.15, 0.2) is 36.4 Å². The quantitative estimate of drug-likeness (QED) is 0.574. The van der Waals surface area contributed by atoms with Crippen molar-refractivity contribution in [3.05, 3.63) is 53.1 Å². The first-order valence-corrected chi connectivity index (χ1v) is 5.93. The number of nitrogens with two attached hydrogens (primary N) is 1. The molecule has 2 rings (SSSR count). The summed E-state index contributed by atoms with van der Waals surface area (Å²) in [5.74, 6) is -0.784. The van der Waals surface area contributed by atoms with E-state index in [0.717, 1.165) is 5.56 Å². The minimum atomic E-state index is -0.517. The van der Waals surface area contributed by atoms with Crippen molar-refractivity contribution in [1.29, 1.82) is 5.26 Å². The first kappa shape index (κ1) is 13.4. The summed E-state index contributed by atoms with van der Waals surface area (Å²) in [6.07, 6.45) is 0. The van der Waals surface area contributed by atoms with Crippen molar-refractivity contribution >= 4 is 17.3 Å². The normalized spacial score (nSPS) is 9.80. The molecule has 0 aliphatic carbocycles. The molecule has 0 aliphatic rings. The van der Waals surface area contributed by atoms with Gasteiger partial charge in [0.1, 0.15) is 6.07 Å². The highest BCUT2D eigenvalue weighted by Crippen LogP contribution is 2.26. The third-order valence-corrected chi connectivity index (χ3v) is 2.94. The number of nitriles is 1. The fourth-order valence-corrected chi connectivity index (χ4v) is 1.85. The predicted molar refractivity (Wildman–Crippen MR) is 76.4 cm³/mol. The molecule has 5 heteroatoms. The molecule has 4 N–H and O–H groups in total. The number of benzene rings is 2. The lowest BCUT2D eigenvalue weighted by atomic mass is 10.1. The van der Waals surface area contributed by atoms with Crippen molar-refractivity contribution in [3.63, 3.8) is 0 Å². The summed E-state index contributed by atoms with van der Waals surface area (Å²) in [7, 11) is 0. The number of amides is 1. The van der Waals surface area contributed by atoms with Crippen molar-refractivity contribution in [3.8, 4) is 11.8 Å². The molecule has 0 fully saturated rings. The van der Waals surface area contributed by atoms with E-state index in [1.54, 1.807) is 31.2 Å². The molecule has 5 nitrogen and oxygen atoms in total. The fraction of sp³-hybridized carbons (Fsp3) is 0.0667. The summed E-state index contributed by atoms with van der Waals surface area (Å²) >= 11 is 0. The Morgan fingerprint density at radius 1 is 1.30 bits per heavy atom. The molecule has 100 valence electrons. The average Bonchev–Trinajstić information content (AvgIpc) is 2.42. The van der Waals surface area contributed by atoms with E-state index in [1.165, 1.54) is 12.1 Å². The molecule has 2 aromatic carbocycles. The number of hydrogen-bond acceptors (Lipinski definition) is 4. The van der Waals surface area contributed by atoms with Gasteiger partial charge in [-0.2, -0.15) is 5.26 Å². The number of aryl methyl sites for hydroxylation is 1. The van der Waals surface area contributed by atoms with Gasteiger partial charge in [0.25, 0.3) is 5.91 Å². The van der Waals surface area contributed by atoms with Crippen LogP contribution in [0, 0.1) is 18.3 Å². The molecule has 0 saturated carbocycles. The second kappa shape index (κ2) is 5.33. The predicted octanol–water partition coefficient (Wildman–Crippen LogP) is 2.41. The summed E-state index contributed by atoms with van der Waals surface area (Å²) in [4.78, 5) is 12.1. The maximum Gasteiger partial charge on any atom is 0.259 e. The highest BCUT2D eigenvalue weighted by atomic mass is 16.3. The average molecular weight is 267 g/mol. The molecule has 0 unspecified atom stereocenters. The van der Waals surface area contributed by atoms with Crippen LogP contribution in [0.2, 0.25) is 0 Å². The van der Waals surface area contributed by atoms with Crippen LogP contribution >= 0.6 is 0 Å². The number of carbonyl (C=O) groups is 1. The van der Waals surface area contributed by atoms with Crippen LogP contribution in [0.5, 0.6) is 5.75 Å². The minimum Gasteiger partial charge on any atom is -0.505 e. The number of phenols is 1. The van der Waals surface area contributed by atoms with Crippen LogP contribution < -0.4 is 11.1 Å². The Labute approximate surface area is 116 Å². The van der Waals surface area contributed by atoms with Gasteiger partial charge in [-0.05, 0) is 30.7 Å². The van der Waals surface area contributed by atoms with Gasteiger partial charge in [0.15, 0.2) is 5.75 Å². The van der Waals surface area contributed by atoms with E-state index in [0.29, 0.717) is 11.3 Å². The standard InChI is InChI=1S/C15H13N3O2/c1-9-4-2-7-13(11(9)8-16)18-15(20)10-5-3-6-12(17)14(10)19/h2-7,19H,17H2,1H3,(H,18,20). The Balaban J connectivity index is 2.36. The van der Waals surface area contributed by atoms with Crippen molar-refractivity contribution in [1.82, 2.24) is 0 Å². The van der Waals surface area contributed by atoms with Crippen LogP contribution in [-0.4, -0.2) is 11.0 Å². The Morgan fingerprint density at radius 3 is 2.70 bits per heavy atom. The second-order valence-corrected chi connectivity index (χ2v) is 4.31. The largest absolute Gasteiger partial charge is 0.505 e. The third-order valence-electron chi connectivity index (χ3n) is 2.94. The molecule has 0 radical (unpaired) electrons. The van der Waals surface area contributed by atoms with Crippen LogP contribution in [0.4, 0.5) is 11.4 Å². The summed E-state index contributed by atoms with van der Waals surface area (Å²) < 4.78 is 0. The van der Waals surface area contributed by atoms with Crippen LogP contribution in [0.25, 0.3) is 0 Å². The van der Waals surface area contributed by atoms with Crippen molar-refractivity contribution in [2.75, 3.05) is 11.1 Å². The van der Waals surface area contributed by atoms with Crippen LogP contribution in [0.3, 0.4) is 0 Å². The molecule has 0 atom stereocenters. The third kappa shape index (κ3) is 2.40. The number of nitrogen functional groups attached to an aromatic ring is 1. The molecule has 20 heavy (non-hydrogen) atoms. The maximum absolute atomic E-state index is 12.1. The highest BCUT2D eigenvalue weighted by molar-refractivity contribution is 6.07. The van der Waals surface area contributed by atoms with Crippen molar-refractivity contribution in [2.45, 2.75) is 6.92 Å². The number of nitrogens with one attached hydrogen (secondary N) is 1. The topological polar surface area (TPSA) is 99.1 Å². The second-order valence-electron chi connectivity index (χ2n) is 4.31. The molecule has 0 saturated heterocycles. The summed E-state index contributed by atoms with van der Waals surface area (Å²) in [5.41, 5.74) is 7.30. The molecule has 0 aromatic heterocycles. The molecular formula is C15H13N3O2. The van der Waals surface area contributed by atoms with Crippen molar-refractivity contribution in [2.24, 2.45) is 0 Å². The molecule has 0 aliphatic heterocycles. The molecule has 2 aromatic rings. The zero-order chi connectivity index (χ0) is 14.7. The summed E-state index contributed by atoms with van der Waals surface area (Å²) in [6, 6.07) is 11.7. The molecule has 1 amide bonds. The minimum absolute atomic E-state index is 0.0652. The maximum atomic E-state index is 12.1. The van der Waals surface area contributed by atoms with E-state index in [1.807, 2.05) is 6.07 Å². The number of para-hydroxylation sites is 1. The summed E-state index contributed by atoms with van der Waals surface area (Å²) in [6.45, 7) is 1.78. The van der Waals surface area contributed by atoms with E-state index in [9.17, 15) is 9.90 Å². The van der Waals surface area contributed by atoms with Gasteiger partial charge >= 0.3 is 0 Å². The number of nitrogens with zero attached hydrogens (tertiary/aromatic N) is 1. The molecule has 0 spiro atoms. The lowest BCUT2D eigenvalue weighted by molar-refractivity contribution is 0.102. The first-order valence-electron chi connectivity index (χ1n) is 5.93. The van der Waals surface area contributed by atoms with Gasteiger partial charge in [-0.25, -0.2) is 0 Å². The zero-order valence-electron chi connectivity index (χ0n) is 10.8. The number of carbonyl (C=O) groups excluding carboxylic acids is 1. The number of anilines is 2. The number of rotatable bonds is 2. The Morgan fingerprint density at radius 2 is 2.00 bits per heavy atom. The highest BCUT2D eigenvalue weighted by Gasteiger charge is 2.15. The van der Waals surface area contributed by atoms with Crippen molar-refractivity contribution < 1.29 is 9.90 Å². The Bertz CT molecular complexity index is 718. The fourth-order valence-electron chi connectivity index (χ4n) is 1.85. The molecular weight excluding hydrogens is 254 g/mol. The van der Waals surface area contributed by atoms with E-state index in [4.69, 9.17) is 11.0 Å². The van der Waals surface area contributed by atoms with Gasteiger partial charge in [0.05, 0.1) is 22.5 Å². The SMILES string of the molecule is Cc1cccc(NC(=O)c2cccc(N)c2O)c1C#N. The Kier molecular flexibility index (Phi) is 3.58. The zero-order valence-corrected chi connectivity index (χ0v) is 10.8. The van der Waals surface area contributed by atoms with Gasteiger partial charge in [-0.3, -0.25) is 4.79 Å². The van der Waals surface area contributed by atoms with Gasteiger partial charge in [0.2, 0.25) is 0 Å². The molecule has 0 bridgehead atoms. The Hall–Kier alpha value is -3.00. The first-order chi connectivity index (χ1) is 9.54. The smallest absolute Gasteiger partial charge is 0.259 e.